The van der Waals surface area contributed by atoms with Gasteiger partial charge >= 0.3 is 0 Å². The van der Waals surface area contributed by atoms with E-state index in [9.17, 15) is 0 Å². The van der Waals surface area contributed by atoms with Crippen LogP contribution in [0.25, 0.3) is 0 Å². The molecule has 4 nitrogen and oxygen atoms in total. The van der Waals surface area contributed by atoms with Crippen molar-refractivity contribution in [3.8, 4) is 0 Å². The molecule has 2 aliphatic rings. The summed E-state index contributed by atoms with van der Waals surface area (Å²) in [5.41, 5.74) is 1.81. The van der Waals surface area contributed by atoms with Crippen molar-refractivity contribution in [3.05, 3.63) is 18.0 Å². The van der Waals surface area contributed by atoms with Crippen LogP contribution in [0, 0.1) is 11.3 Å². The fraction of sp³-hybridized carbons (Fsp3) is 0.786. The zero-order valence-corrected chi connectivity index (χ0v) is 13.8. The summed E-state index contributed by atoms with van der Waals surface area (Å²) in [6.45, 7) is 8.49. The molecule has 2 aliphatic heterocycles. The maximum Gasteiger partial charge on any atom is 0.0545 e. The van der Waals surface area contributed by atoms with Gasteiger partial charge in [0.15, 0.2) is 0 Å². The van der Waals surface area contributed by atoms with Crippen LogP contribution in [0.3, 0.4) is 0 Å². The van der Waals surface area contributed by atoms with Crippen LogP contribution in [-0.2, 0) is 11.3 Å². The lowest BCUT2D eigenvalue weighted by molar-refractivity contribution is -0.0829. The quantitative estimate of drug-likeness (QED) is 0.601. The normalized spacial score (nSPS) is 26.8. The SMILES string of the molecule is CC(C)Cn1cc(C2N(I)CC23CCOCC3)cn1. The second-order valence-corrected chi connectivity index (χ2v) is 7.56. The highest BCUT2D eigenvalue weighted by molar-refractivity contribution is 14.1. The van der Waals surface area contributed by atoms with E-state index in [1.807, 2.05) is 0 Å². The molecule has 0 radical (unpaired) electrons. The van der Waals surface area contributed by atoms with E-state index in [1.54, 1.807) is 0 Å². The largest absolute Gasteiger partial charge is 0.381 e. The minimum Gasteiger partial charge on any atom is -0.381 e. The fourth-order valence-corrected chi connectivity index (χ4v) is 4.97. The maximum absolute atomic E-state index is 5.54. The second-order valence-electron chi connectivity index (χ2n) is 6.32. The molecule has 0 N–H and O–H groups in total. The van der Waals surface area contributed by atoms with Crippen molar-refractivity contribution in [2.75, 3.05) is 19.8 Å². The molecule has 3 heterocycles. The first kappa shape index (κ1) is 13.8. The minimum absolute atomic E-state index is 0.436. The molecular weight excluding hydrogens is 353 g/mol. The lowest BCUT2D eigenvalue weighted by atomic mass is 9.66. The Labute approximate surface area is 129 Å². The average molecular weight is 375 g/mol. The van der Waals surface area contributed by atoms with Gasteiger partial charge in [0.25, 0.3) is 0 Å². The number of hydrogen-bond donors (Lipinski definition) is 0. The van der Waals surface area contributed by atoms with E-state index in [0.29, 0.717) is 17.4 Å². The Hall–Kier alpha value is -0.140. The van der Waals surface area contributed by atoms with Crippen LogP contribution in [0.1, 0.15) is 38.3 Å². The van der Waals surface area contributed by atoms with Crippen molar-refractivity contribution < 1.29 is 4.74 Å². The zero-order valence-electron chi connectivity index (χ0n) is 11.7. The number of aromatic nitrogens is 2. The molecule has 0 bridgehead atoms. The van der Waals surface area contributed by atoms with Crippen LogP contribution in [0.5, 0.6) is 0 Å². The van der Waals surface area contributed by atoms with E-state index in [2.05, 4.69) is 62.0 Å². The standard InChI is InChI=1S/C14H22IN3O/c1-11(2)8-17-9-12(7-16-17)13-14(10-18(13)15)3-5-19-6-4-14/h7,9,11,13H,3-6,8,10H2,1-2H3. The molecule has 106 valence electrons. The Balaban J connectivity index is 1.78. The van der Waals surface area contributed by atoms with Gasteiger partial charge in [0.05, 0.1) is 12.2 Å². The van der Waals surface area contributed by atoms with E-state index in [1.165, 1.54) is 24.9 Å². The van der Waals surface area contributed by atoms with Gasteiger partial charge in [0, 0.05) is 66.3 Å². The summed E-state index contributed by atoms with van der Waals surface area (Å²) in [6, 6.07) is 0.526. The molecule has 3 rings (SSSR count). The highest BCUT2D eigenvalue weighted by Gasteiger charge is 2.53. The van der Waals surface area contributed by atoms with E-state index in [-0.39, 0.29) is 0 Å². The molecule has 0 saturated carbocycles. The van der Waals surface area contributed by atoms with Crippen molar-refractivity contribution in [3.63, 3.8) is 0 Å². The molecule has 2 fully saturated rings. The van der Waals surface area contributed by atoms with Gasteiger partial charge in [-0.1, -0.05) is 13.8 Å². The van der Waals surface area contributed by atoms with E-state index >= 15 is 0 Å². The molecule has 1 aromatic heterocycles. The Morgan fingerprint density at radius 1 is 1.47 bits per heavy atom. The summed E-state index contributed by atoms with van der Waals surface area (Å²) in [6.07, 6.45) is 6.68. The highest BCUT2D eigenvalue weighted by atomic mass is 127. The fourth-order valence-electron chi connectivity index (χ4n) is 3.38. The van der Waals surface area contributed by atoms with Crippen LogP contribution in [0.15, 0.2) is 12.4 Å². The topological polar surface area (TPSA) is 30.3 Å². The van der Waals surface area contributed by atoms with Crippen molar-refractivity contribution in [1.82, 2.24) is 12.9 Å². The number of nitrogens with zero attached hydrogens (tertiary/aromatic N) is 3. The first-order valence-corrected chi connectivity index (χ1v) is 8.10. The van der Waals surface area contributed by atoms with Crippen molar-refractivity contribution in [1.29, 1.82) is 0 Å². The van der Waals surface area contributed by atoms with Gasteiger partial charge in [0.2, 0.25) is 0 Å². The van der Waals surface area contributed by atoms with Crippen LogP contribution < -0.4 is 0 Å². The number of rotatable bonds is 3. The van der Waals surface area contributed by atoms with Crippen molar-refractivity contribution in [2.24, 2.45) is 11.3 Å². The predicted octanol–water partition coefficient (Wildman–Crippen LogP) is 3.04. The molecule has 19 heavy (non-hydrogen) atoms. The molecule has 1 spiro atoms. The Bertz CT molecular complexity index is 434. The Morgan fingerprint density at radius 3 is 2.84 bits per heavy atom. The van der Waals surface area contributed by atoms with Crippen LogP contribution in [0.4, 0.5) is 0 Å². The number of hydrogen-bond acceptors (Lipinski definition) is 3. The van der Waals surface area contributed by atoms with Crippen LogP contribution in [-0.4, -0.2) is 32.7 Å². The first-order valence-electron chi connectivity index (χ1n) is 7.13. The summed E-state index contributed by atoms with van der Waals surface area (Å²) >= 11 is 2.46. The maximum atomic E-state index is 5.54. The monoisotopic (exact) mass is 375 g/mol. The van der Waals surface area contributed by atoms with E-state index in [0.717, 1.165) is 19.8 Å². The summed E-state index contributed by atoms with van der Waals surface area (Å²) in [5.74, 6) is 0.641. The lowest BCUT2D eigenvalue weighted by Crippen LogP contribution is -2.56. The van der Waals surface area contributed by atoms with Crippen LogP contribution in [0.2, 0.25) is 0 Å². The van der Waals surface area contributed by atoms with Gasteiger partial charge in [-0.25, -0.2) is 3.11 Å². The Kier molecular flexibility index (Phi) is 3.88. The third-order valence-corrected chi connectivity index (χ3v) is 5.23. The molecule has 1 aromatic rings. The third-order valence-electron chi connectivity index (χ3n) is 4.34. The van der Waals surface area contributed by atoms with E-state index in [4.69, 9.17) is 4.74 Å². The van der Waals surface area contributed by atoms with Gasteiger partial charge in [-0.3, -0.25) is 4.68 Å². The second kappa shape index (κ2) is 5.33. The van der Waals surface area contributed by atoms with Crippen LogP contribution >= 0.6 is 22.9 Å². The molecule has 2 saturated heterocycles. The molecule has 5 heteroatoms. The smallest absolute Gasteiger partial charge is 0.0545 e. The zero-order chi connectivity index (χ0) is 13.5. The van der Waals surface area contributed by atoms with Crippen molar-refractivity contribution in [2.45, 2.75) is 39.3 Å². The van der Waals surface area contributed by atoms with E-state index < -0.39 is 0 Å². The summed E-state index contributed by atoms with van der Waals surface area (Å²) < 4.78 is 10.1. The molecule has 1 atom stereocenters. The summed E-state index contributed by atoms with van der Waals surface area (Å²) in [7, 11) is 0. The van der Waals surface area contributed by atoms with Gasteiger partial charge in [-0.05, 0) is 18.8 Å². The van der Waals surface area contributed by atoms with Gasteiger partial charge in [-0.15, -0.1) is 0 Å². The molecule has 1 unspecified atom stereocenters. The summed E-state index contributed by atoms with van der Waals surface area (Å²) in [5, 5.41) is 4.53. The molecular formula is C14H22IN3O. The highest BCUT2D eigenvalue weighted by Crippen LogP contribution is 2.56. The van der Waals surface area contributed by atoms with Gasteiger partial charge in [-0.2, -0.15) is 5.10 Å². The molecule has 0 aliphatic carbocycles. The number of halogens is 1. The predicted molar refractivity (Wildman–Crippen MR) is 83.0 cm³/mol. The first-order chi connectivity index (χ1) is 9.11. The van der Waals surface area contributed by atoms with Gasteiger partial charge < -0.3 is 4.74 Å². The van der Waals surface area contributed by atoms with Gasteiger partial charge in [0.1, 0.15) is 0 Å². The molecule has 0 amide bonds. The Morgan fingerprint density at radius 2 is 2.21 bits per heavy atom. The van der Waals surface area contributed by atoms with Crippen molar-refractivity contribution >= 4 is 22.9 Å². The minimum atomic E-state index is 0.436. The third kappa shape index (κ3) is 2.56. The average Bonchev–Trinajstić information content (AvgIpc) is 2.76. The molecule has 0 aromatic carbocycles. The lowest BCUT2D eigenvalue weighted by Gasteiger charge is -2.56. The number of ether oxygens (including phenoxy) is 1. The summed E-state index contributed by atoms with van der Waals surface area (Å²) in [4.78, 5) is 0.